The van der Waals surface area contributed by atoms with Crippen LogP contribution in [0, 0.1) is 5.92 Å². The zero-order valence-electron chi connectivity index (χ0n) is 9.34. The fourth-order valence-corrected chi connectivity index (χ4v) is 2.29. The number of aliphatic imine (C=N–C) groups is 1. The predicted molar refractivity (Wildman–Crippen MR) is 65.1 cm³/mol. The van der Waals surface area contributed by atoms with Crippen molar-refractivity contribution in [3.05, 3.63) is 35.9 Å². The van der Waals surface area contributed by atoms with Gasteiger partial charge in [-0.3, -0.25) is 4.99 Å². The minimum Gasteiger partial charge on any atom is -0.370 e. The lowest BCUT2D eigenvalue weighted by Crippen LogP contribution is -2.37. The Morgan fingerprint density at radius 2 is 2.00 bits per heavy atom. The molecule has 1 aliphatic heterocycles. The van der Waals surface area contributed by atoms with Crippen LogP contribution in [0.5, 0.6) is 0 Å². The summed E-state index contributed by atoms with van der Waals surface area (Å²) in [6.07, 6.45) is 2.70. The monoisotopic (exact) mass is 215 g/mol. The number of nitrogens with two attached hydrogens (primary N) is 1. The molecule has 0 spiro atoms. The van der Waals surface area contributed by atoms with E-state index >= 15 is 0 Å². The fraction of sp³-hybridized carbons (Fsp3) is 0.462. The minimum absolute atomic E-state index is 0.363. The van der Waals surface area contributed by atoms with E-state index in [1.165, 1.54) is 18.4 Å². The van der Waals surface area contributed by atoms with Crippen molar-refractivity contribution in [1.29, 1.82) is 0 Å². The number of hydrogen-bond acceptors (Lipinski definition) is 3. The molecule has 1 atom stereocenters. The molecule has 1 heterocycles. The van der Waals surface area contributed by atoms with Gasteiger partial charge in [0.15, 0.2) is 5.96 Å². The molecule has 16 heavy (non-hydrogen) atoms. The van der Waals surface area contributed by atoms with Gasteiger partial charge in [0.2, 0.25) is 0 Å². The van der Waals surface area contributed by atoms with Gasteiger partial charge in [0.25, 0.3) is 0 Å². The number of guanidine groups is 1. The summed E-state index contributed by atoms with van der Waals surface area (Å²) in [5, 5.41) is 0. The number of benzene rings is 1. The Balaban J connectivity index is 1.79. The summed E-state index contributed by atoms with van der Waals surface area (Å²) in [6.45, 7) is 1.89. The van der Waals surface area contributed by atoms with Crippen LogP contribution in [0.2, 0.25) is 0 Å². The molecular formula is C13H17N3. The molecule has 0 bridgehead atoms. The average Bonchev–Trinajstić information content (AvgIpc) is 3.06. The molecule has 0 saturated heterocycles. The van der Waals surface area contributed by atoms with E-state index in [2.05, 4.69) is 34.2 Å². The molecule has 3 nitrogen and oxygen atoms in total. The second-order valence-electron chi connectivity index (χ2n) is 4.72. The van der Waals surface area contributed by atoms with Crippen molar-refractivity contribution in [3.8, 4) is 0 Å². The molecule has 3 rings (SSSR count). The Labute approximate surface area is 96.0 Å². The molecule has 0 radical (unpaired) electrons. The van der Waals surface area contributed by atoms with Gasteiger partial charge in [-0.25, -0.2) is 0 Å². The van der Waals surface area contributed by atoms with E-state index in [4.69, 9.17) is 5.73 Å². The normalized spacial score (nSPS) is 24.6. The Hall–Kier alpha value is -1.51. The van der Waals surface area contributed by atoms with Gasteiger partial charge in [0.05, 0.1) is 12.6 Å². The van der Waals surface area contributed by atoms with Crippen LogP contribution in [0.3, 0.4) is 0 Å². The van der Waals surface area contributed by atoms with E-state index in [1.54, 1.807) is 0 Å². The summed E-state index contributed by atoms with van der Waals surface area (Å²) in [6, 6.07) is 10.9. The summed E-state index contributed by atoms with van der Waals surface area (Å²) in [5.41, 5.74) is 7.28. The molecule has 1 unspecified atom stereocenters. The number of nitrogens with zero attached hydrogens (tertiary/aromatic N) is 2. The highest BCUT2D eigenvalue weighted by Gasteiger charge is 2.32. The Kier molecular flexibility index (Phi) is 2.31. The summed E-state index contributed by atoms with van der Waals surface area (Å²) in [5.74, 6) is 1.57. The lowest BCUT2D eigenvalue weighted by atomic mass is 10.1. The van der Waals surface area contributed by atoms with E-state index in [9.17, 15) is 0 Å². The molecule has 1 aliphatic carbocycles. The van der Waals surface area contributed by atoms with Gasteiger partial charge < -0.3 is 10.6 Å². The van der Waals surface area contributed by atoms with Crippen LogP contribution in [-0.4, -0.2) is 23.9 Å². The van der Waals surface area contributed by atoms with Crippen LogP contribution >= 0.6 is 0 Å². The Morgan fingerprint density at radius 3 is 2.69 bits per heavy atom. The van der Waals surface area contributed by atoms with Crippen molar-refractivity contribution in [1.82, 2.24) is 4.90 Å². The highest BCUT2D eigenvalue weighted by molar-refractivity contribution is 5.80. The standard InChI is InChI=1S/C13H17N3/c14-13-15-8-12(11-4-2-1-3-5-11)16(13)9-10-6-7-10/h1-5,10,12H,6-9H2,(H2,14,15). The van der Waals surface area contributed by atoms with Crippen LogP contribution in [0.4, 0.5) is 0 Å². The van der Waals surface area contributed by atoms with Gasteiger partial charge in [0.1, 0.15) is 0 Å². The van der Waals surface area contributed by atoms with Gasteiger partial charge in [-0.2, -0.15) is 0 Å². The zero-order valence-corrected chi connectivity index (χ0v) is 9.34. The zero-order chi connectivity index (χ0) is 11.0. The van der Waals surface area contributed by atoms with E-state index in [0.29, 0.717) is 6.04 Å². The smallest absolute Gasteiger partial charge is 0.191 e. The first-order valence-corrected chi connectivity index (χ1v) is 5.96. The van der Waals surface area contributed by atoms with Crippen molar-refractivity contribution in [3.63, 3.8) is 0 Å². The molecule has 1 aromatic rings. The third-order valence-corrected chi connectivity index (χ3v) is 3.43. The van der Waals surface area contributed by atoms with E-state index in [0.717, 1.165) is 25.0 Å². The molecular weight excluding hydrogens is 198 g/mol. The van der Waals surface area contributed by atoms with Crippen LogP contribution in [0.25, 0.3) is 0 Å². The molecule has 1 aromatic carbocycles. The highest BCUT2D eigenvalue weighted by Crippen LogP contribution is 2.34. The van der Waals surface area contributed by atoms with Crippen LogP contribution in [0.15, 0.2) is 35.3 Å². The summed E-state index contributed by atoms with van der Waals surface area (Å²) < 4.78 is 0. The number of hydrogen-bond donors (Lipinski definition) is 1. The summed E-state index contributed by atoms with van der Waals surface area (Å²) in [7, 11) is 0. The minimum atomic E-state index is 0.363. The van der Waals surface area contributed by atoms with E-state index in [-0.39, 0.29) is 0 Å². The lowest BCUT2D eigenvalue weighted by Gasteiger charge is -2.26. The van der Waals surface area contributed by atoms with Gasteiger partial charge in [0, 0.05) is 6.54 Å². The quantitative estimate of drug-likeness (QED) is 0.835. The largest absolute Gasteiger partial charge is 0.370 e. The first-order valence-electron chi connectivity index (χ1n) is 5.96. The van der Waals surface area contributed by atoms with E-state index in [1.807, 2.05) is 6.07 Å². The van der Waals surface area contributed by atoms with Gasteiger partial charge in [-0.05, 0) is 24.3 Å². The molecule has 0 amide bonds. The van der Waals surface area contributed by atoms with Crippen molar-refractivity contribution >= 4 is 5.96 Å². The number of rotatable bonds is 3. The van der Waals surface area contributed by atoms with Gasteiger partial charge in [-0.1, -0.05) is 30.3 Å². The Bertz CT molecular complexity index is 395. The fourth-order valence-electron chi connectivity index (χ4n) is 2.29. The first kappa shape index (κ1) is 9.70. The maximum Gasteiger partial charge on any atom is 0.191 e. The molecule has 1 saturated carbocycles. The highest BCUT2D eigenvalue weighted by atomic mass is 15.3. The van der Waals surface area contributed by atoms with Crippen LogP contribution in [-0.2, 0) is 0 Å². The van der Waals surface area contributed by atoms with Crippen molar-refractivity contribution in [2.45, 2.75) is 18.9 Å². The molecule has 2 N–H and O–H groups in total. The second-order valence-corrected chi connectivity index (χ2v) is 4.72. The molecule has 0 aromatic heterocycles. The molecule has 1 fully saturated rings. The SMILES string of the molecule is NC1=NCC(c2ccccc2)N1CC1CC1. The third kappa shape index (κ3) is 1.77. The van der Waals surface area contributed by atoms with Crippen LogP contribution in [0.1, 0.15) is 24.4 Å². The summed E-state index contributed by atoms with van der Waals surface area (Å²) in [4.78, 5) is 6.65. The maximum absolute atomic E-state index is 5.96. The van der Waals surface area contributed by atoms with Crippen molar-refractivity contribution < 1.29 is 0 Å². The molecule has 84 valence electrons. The molecule has 3 heteroatoms. The molecule has 2 aliphatic rings. The average molecular weight is 215 g/mol. The Morgan fingerprint density at radius 1 is 1.25 bits per heavy atom. The first-order chi connectivity index (χ1) is 7.84. The van der Waals surface area contributed by atoms with Gasteiger partial charge in [-0.15, -0.1) is 0 Å². The topological polar surface area (TPSA) is 41.6 Å². The van der Waals surface area contributed by atoms with Crippen molar-refractivity contribution in [2.24, 2.45) is 16.6 Å². The summed E-state index contributed by atoms with van der Waals surface area (Å²) >= 11 is 0. The maximum atomic E-state index is 5.96. The predicted octanol–water partition coefficient (Wildman–Crippen LogP) is 1.77. The van der Waals surface area contributed by atoms with Crippen molar-refractivity contribution in [2.75, 3.05) is 13.1 Å². The van der Waals surface area contributed by atoms with E-state index < -0.39 is 0 Å². The second kappa shape index (κ2) is 3.81. The lowest BCUT2D eigenvalue weighted by molar-refractivity contribution is 0.334. The third-order valence-electron chi connectivity index (χ3n) is 3.43. The van der Waals surface area contributed by atoms with Crippen LogP contribution < -0.4 is 5.73 Å². The van der Waals surface area contributed by atoms with Gasteiger partial charge >= 0.3 is 0 Å².